The number of hydrogen-bond acceptors (Lipinski definition) is 4. The van der Waals surface area contributed by atoms with Gasteiger partial charge in [-0.05, 0) is 19.2 Å². The fourth-order valence-corrected chi connectivity index (χ4v) is 2.37. The average molecular weight is 294 g/mol. The molecule has 1 aromatic heterocycles. The van der Waals surface area contributed by atoms with E-state index in [4.69, 9.17) is 21.1 Å². The van der Waals surface area contributed by atoms with Gasteiger partial charge >= 0.3 is 0 Å². The summed E-state index contributed by atoms with van der Waals surface area (Å²) in [6.07, 6.45) is 1.61. The van der Waals surface area contributed by atoms with Crippen molar-refractivity contribution in [3.8, 4) is 11.5 Å². The number of fused-ring (bicyclic) bond motifs is 1. The van der Waals surface area contributed by atoms with E-state index in [9.17, 15) is 0 Å². The van der Waals surface area contributed by atoms with Crippen LogP contribution in [-0.2, 0) is 13.7 Å². The molecule has 0 saturated heterocycles. The van der Waals surface area contributed by atoms with E-state index in [2.05, 4.69) is 10.3 Å². The molecule has 1 unspecified atom stereocenters. The van der Waals surface area contributed by atoms with E-state index in [1.807, 2.05) is 32.3 Å². The lowest BCUT2D eigenvalue weighted by molar-refractivity contribution is 0.287. The van der Waals surface area contributed by atoms with Crippen LogP contribution in [0, 0.1) is 0 Å². The Hall–Kier alpha value is -1.72. The third-order valence-corrected chi connectivity index (χ3v) is 3.86. The molecule has 1 atom stereocenters. The maximum absolute atomic E-state index is 5.94. The highest BCUT2D eigenvalue weighted by Gasteiger charge is 2.22. The van der Waals surface area contributed by atoms with E-state index in [1.54, 1.807) is 10.8 Å². The van der Waals surface area contributed by atoms with Crippen molar-refractivity contribution in [3.63, 3.8) is 0 Å². The van der Waals surface area contributed by atoms with Crippen LogP contribution in [0.5, 0.6) is 11.5 Å². The van der Waals surface area contributed by atoms with Gasteiger partial charge in [-0.25, -0.2) is 4.98 Å². The van der Waals surface area contributed by atoms with Gasteiger partial charge in [0.2, 0.25) is 0 Å². The Morgan fingerprint density at radius 2 is 2.40 bits per heavy atom. The number of nitrogens with one attached hydrogen (secondary N) is 1. The molecule has 1 aromatic carbocycles. The van der Waals surface area contributed by atoms with Crippen molar-refractivity contribution in [1.29, 1.82) is 0 Å². The Kier molecular flexibility index (Phi) is 3.54. The van der Waals surface area contributed by atoms with Crippen LogP contribution in [-0.4, -0.2) is 23.2 Å². The van der Waals surface area contributed by atoms with Crippen molar-refractivity contribution in [2.75, 3.05) is 13.7 Å². The van der Waals surface area contributed by atoms with E-state index in [1.165, 1.54) is 5.56 Å². The molecule has 2 heterocycles. The molecule has 0 amide bonds. The summed E-state index contributed by atoms with van der Waals surface area (Å²) >= 11 is 5.94. The molecule has 1 aliphatic heterocycles. The smallest absolute Gasteiger partial charge is 0.147 e. The summed E-state index contributed by atoms with van der Waals surface area (Å²) in [5.41, 5.74) is 1.17. The molecule has 3 rings (SSSR count). The Morgan fingerprint density at radius 1 is 1.55 bits per heavy atom. The fourth-order valence-electron chi connectivity index (χ4n) is 2.23. The highest BCUT2D eigenvalue weighted by atomic mass is 35.5. The molecule has 6 heteroatoms. The van der Waals surface area contributed by atoms with Crippen molar-refractivity contribution in [1.82, 2.24) is 14.9 Å². The zero-order valence-electron chi connectivity index (χ0n) is 11.4. The van der Waals surface area contributed by atoms with E-state index in [0.29, 0.717) is 18.4 Å². The van der Waals surface area contributed by atoms with Crippen molar-refractivity contribution in [2.24, 2.45) is 7.05 Å². The molecule has 0 bridgehead atoms. The minimum absolute atomic E-state index is 0.257. The largest absolute Gasteiger partial charge is 0.491 e. The normalized spacial score (nSPS) is 16.9. The van der Waals surface area contributed by atoms with Crippen LogP contribution >= 0.6 is 11.6 Å². The summed E-state index contributed by atoms with van der Waals surface area (Å²) in [6.45, 7) is 1.03. The number of halogens is 1. The number of benzene rings is 1. The Bertz CT molecular complexity index is 627. The van der Waals surface area contributed by atoms with E-state index < -0.39 is 0 Å². The molecular formula is C14H16ClN3O2. The third-order valence-electron chi connectivity index (χ3n) is 3.51. The standard InChI is InChI=1S/C14H16ClN3O2/c1-16-11-7-20-12-5-9(3-4-10(11)12)19-8-14-17-6-13(15)18(14)2/h3-6,11,16H,7-8H2,1-2H3. The zero-order valence-corrected chi connectivity index (χ0v) is 12.1. The van der Waals surface area contributed by atoms with Crippen molar-refractivity contribution in [3.05, 3.63) is 40.9 Å². The number of imidazole rings is 1. The van der Waals surface area contributed by atoms with Crippen LogP contribution in [0.1, 0.15) is 17.4 Å². The third kappa shape index (κ3) is 2.34. The second-order valence-electron chi connectivity index (χ2n) is 4.70. The van der Waals surface area contributed by atoms with Crippen LogP contribution in [0.15, 0.2) is 24.4 Å². The molecule has 2 aromatic rings. The van der Waals surface area contributed by atoms with Gasteiger partial charge in [-0.15, -0.1) is 0 Å². The number of rotatable bonds is 4. The molecule has 0 radical (unpaired) electrons. The SMILES string of the molecule is CNC1COc2cc(OCc3ncc(Cl)n3C)ccc21. The van der Waals surface area contributed by atoms with E-state index in [-0.39, 0.29) is 6.04 Å². The number of aromatic nitrogens is 2. The maximum Gasteiger partial charge on any atom is 0.147 e. The first-order chi connectivity index (χ1) is 9.69. The summed E-state index contributed by atoms with van der Waals surface area (Å²) in [5.74, 6) is 2.42. The number of ether oxygens (including phenoxy) is 2. The van der Waals surface area contributed by atoms with Gasteiger partial charge in [-0.3, -0.25) is 0 Å². The average Bonchev–Trinajstić information content (AvgIpc) is 3.01. The maximum atomic E-state index is 5.94. The van der Waals surface area contributed by atoms with E-state index in [0.717, 1.165) is 17.3 Å². The molecule has 0 saturated carbocycles. The molecule has 0 aliphatic carbocycles. The van der Waals surface area contributed by atoms with Crippen molar-refractivity contribution < 1.29 is 9.47 Å². The van der Waals surface area contributed by atoms with Crippen LogP contribution in [0.4, 0.5) is 0 Å². The highest BCUT2D eigenvalue weighted by Crippen LogP contribution is 2.35. The van der Waals surface area contributed by atoms with Crippen LogP contribution in [0.25, 0.3) is 0 Å². The number of likely N-dealkylation sites (N-methyl/N-ethyl adjacent to an activating group) is 1. The van der Waals surface area contributed by atoms with Crippen LogP contribution < -0.4 is 14.8 Å². The molecule has 1 aliphatic rings. The predicted octanol–water partition coefficient (Wildman–Crippen LogP) is 2.31. The van der Waals surface area contributed by atoms with Gasteiger partial charge in [-0.1, -0.05) is 11.6 Å². The summed E-state index contributed by atoms with van der Waals surface area (Å²) in [7, 11) is 3.79. The molecule has 20 heavy (non-hydrogen) atoms. The monoisotopic (exact) mass is 293 g/mol. The lowest BCUT2D eigenvalue weighted by Gasteiger charge is -2.09. The van der Waals surface area contributed by atoms with Gasteiger partial charge in [0.25, 0.3) is 0 Å². The van der Waals surface area contributed by atoms with Gasteiger partial charge in [0.15, 0.2) is 0 Å². The van der Waals surface area contributed by atoms with Crippen molar-refractivity contribution in [2.45, 2.75) is 12.6 Å². The molecular weight excluding hydrogens is 278 g/mol. The minimum atomic E-state index is 0.257. The van der Waals surface area contributed by atoms with Crippen LogP contribution in [0.3, 0.4) is 0 Å². The lowest BCUT2D eigenvalue weighted by atomic mass is 10.1. The first-order valence-corrected chi connectivity index (χ1v) is 6.79. The molecule has 0 spiro atoms. The first kappa shape index (κ1) is 13.3. The van der Waals surface area contributed by atoms with Crippen molar-refractivity contribution >= 4 is 11.6 Å². The molecule has 1 N–H and O–H groups in total. The molecule has 5 nitrogen and oxygen atoms in total. The van der Waals surface area contributed by atoms with E-state index >= 15 is 0 Å². The van der Waals surface area contributed by atoms with Gasteiger partial charge in [0.05, 0.1) is 12.2 Å². The Labute approximate surface area is 122 Å². The topological polar surface area (TPSA) is 48.3 Å². The van der Waals surface area contributed by atoms with Gasteiger partial charge in [0, 0.05) is 18.7 Å². The summed E-state index contributed by atoms with van der Waals surface area (Å²) in [5, 5.41) is 3.81. The lowest BCUT2D eigenvalue weighted by Crippen LogP contribution is -2.17. The summed E-state index contributed by atoms with van der Waals surface area (Å²) in [4.78, 5) is 4.19. The molecule has 106 valence electrons. The fraction of sp³-hybridized carbons (Fsp3) is 0.357. The summed E-state index contributed by atoms with van der Waals surface area (Å²) in [6, 6.07) is 6.15. The quantitative estimate of drug-likeness (QED) is 0.940. The second kappa shape index (κ2) is 5.34. The predicted molar refractivity (Wildman–Crippen MR) is 76.3 cm³/mol. The summed E-state index contributed by atoms with van der Waals surface area (Å²) < 4.78 is 13.2. The van der Waals surface area contributed by atoms with Gasteiger partial charge in [-0.2, -0.15) is 0 Å². The van der Waals surface area contributed by atoms with Gasteiger partial charge < -0.3 is 19.4 Å². The minimum Gasteiger partial charge on any atom is -0.491 e. The van der Waals surface area contributed by atoms with Crippen LogP contribution in [0.2, 0.25) is 5.15 Å². The van der Waals surface area contributed by atoms with Gasteiger partial charge in [0.1, 0.15) is 35.7 Å². The number of hydrogen-bond donors (Lipinski definition) is 1. The highest BCUT2D eigenvalue weighted by molar-refractivity contribution is 6.29. The Morgan fingerprint density at radius 3 is 3.10 bits per heavy atom. The zero-order chi connectivity index (χ0) is 14.1. The Balaban J connectivity index is 1.72. The second-order valence-corrected chi connectivity index (χ2v) is 5.08. The first-order valence-electron chi connectivity index (χ1n) is 6.42. The number of nitrogens with zero attached hydrogens (tertiary/aromatic N) is 2. The molecule has 0 fully saturated rings.